The van der Waals surface area contributed by atoms with Gasteiger partial charge in [-0.3, -0.25) is 14.7 Å². The van der Waals surface area contributed by atoms with Crippen molar-refractivity contribution in [3.05, 3.63) is 53.7 Å². The van der Waals surface area contributed by atoms with Crippen molar-refractivity contribution >= 4 is 5.78 Å². The van der Waals surface area contributed by atoms with Gasteiger partial charge in [0.25, 0.3) is 0 Å². The van der Waals surface area contributed by atoms with Crippen LogP contribution < -0.4 is 4.74 Å². The fourth-order valence-electron chi connectivity index (χ4n) is 3.37. The minimum Gasteiger partial charge on any atom is -0.471 e. The molecule has 0 bridgehead atoms. The molecule has 5 nitrogen and oxygen atoms in total. The lowest BCUT2D eigenvalue weighted by Crippen LogP contribution is -2.47. The van der Waals surface area contributed by atoms with E-state index in [4.69, 9.17) is 4.74 Å². The van der Waals surface area contributed by atoms with E-state index in [2.05, 4.69) is 9.97 Å². The van der Waals surface area contributed by atoms with E-state index in [0.29, 0.717) is 31.2 Å². The van der Waals surface area contributed by atoms with Crippen LogP contribution in [0.3, 0.4) is 0 Å². The first-order valence-electron chi connectivity index (χ1n) is 9.83. The first-order valence-corrected chi connectivity index (χ1v) is 9.83. The van der Waals surface area contributed by atoms with Crippen molar-refractivity contribution < 1.29 is 18.3 Å². The average molecular weight is 403 g/mol. The average Bonchev–Trinajstić information content (AvgIpc) is 2.66. The number of rotatable bonds is 6. The lowest BCUT2D eigenvalue weighted by Gasteiger charge is -2.35. The lowest BCUT2D eigenvalue weighted by atomic mass is 9.86. The van der Waals surface area contributed by atoms with E-state index in [0.717, 1.165) is 0 Å². The normalized spacial score (nSPS) is 17.1. The molecule has 1 aliphatic heterocycles. The summed E-state index contributed by atoms with van der Waals surface area (Å²) in [6, 6.07) is 6.01. The quantitative estimate of drug-likeness (QED) is 0.732. The maximum Gasteiger partial charge on any atom is 0.237 e. The van der Waals surface area contributed by atoms with Crippen molar-refractivity contribution in [1.29, 1.82) is 0 Å². The third kappa shape index (κ3) is 5.56. The van der Waals surface area contributed by atoms with E-state index in [-0.39, 0.29) is 24.8 Å². The first-order chi connectivity index (χ1) is 13.7. The van der Waals surface area contributed by atoms with Gasteiger partial charge in [-0.2, -0.15) is 0 Å². The predicted molar refractivity (Wildman–Crippen MR) is 106 cm³/mol. The fraction of sp³-hybridized carbons (Fsp3) is 0.500. The summed E-state index contributed by atoms with van der Waals surface area (Å²) in [4.78, 5) is 23.2. The second kappa shape index (κ2) is 8.53. The number of hydrogen-bond donors (Lipinski definition) is 0. The van der Waals surface area contributed by atoms with Crippen LogP contribution in [0.4, 0.5) is 8.78 Å². The molecule has 156 valence electrons. The predicted octanol–water partition coefficient (Wildman–Crippen LogP) is 3.91. The molecule has 1 saturated heterocycles. The second-order valence-electron chi connectivity index (χ2n) is 8.46. The third-order valence-electron chi connectivity index (χ3n) is 4.97. The van der Waals surface area contributed by atoms with E-state index in [1.807, 2.05) is 25.7 Å². The number of ether oxygens (including phenoxy) is 1. The van der Waals surface area contributed by atoms with Gasteiger partial charge in [0.1, 0.15) is 17.1 Å². The number of likely N-dealkylation sites (tertiary alicyclic amines) is 1. The van der Waals surface area contributed by atoms with E-state index in [1.165, 1.54) is 12.1 Å². The third-order valence-corrected chi connectivity index (χ3v) is 4.97. The molecule has 0 unspecified atom stereocenters. The van der Waals surface area contributed by atoms with Gasteiger partial charge in [-0.05, 0) is 32.4 Å². The van der Waals surface area contributed by atoms with Gasteiger partial charge in [-0.1, -0.05) is 18.2 Å². The smallest absolute Gasteiger partial charge is 0.237 e. The molecule has 0 N–H and O–H groups in total. The molecule has 29 heavy (non-hydrogen) atoms. The monoisotopic (exact) mass is 403 g/mol. The van der Waals surface area contributed by atoms with Crippen LogP contribution in [0.15, 0.2) is 36.7 Å². The number of benzene rings is 1. The van der Waals surface area contributed by atoms with Crippen molar-refractivity contribution in [2.75, 3.05) is 13.1 Å². The van der Waals surface area contributed by atoms with Gasteiger partial charge in [-0.25, -0.2) is 13.8 Å². The zero-order valence-electron chi connectivity index (χ0n) is 17.1. The molecule has 1 aliphatic rings. The summed E-state index contributed by atoms with van der Waals surface area (Å²) in [6.45, 7) is 7.09. The van der Waals surface area contributed by atoms with Crippen LogP contribution in [0.2, 0.25) is 0 Å². The summed E-state index contributed by atoms with van der Waals surface area (Å²) in [6.07, 6.45) is 3.11. The van der Waals surface area contributed by atoms with Gasteiger partial charge in [0.05, 0.1) is 0 Å². The summed E-state index contributed by atoms with van der Waals surface area (Å²) in [7, 11) is 0. The molecule has 0 radical (unpaired) electrons. The van der Waals surface area contributed by atoms with Crippen molar-refractivity contribution in [3.8, 4) is 5.88 Å². The number of alkyl halides is 1. The summed E-state index contributed by atoms with van der Waals surface area (Å²) >= 11 is 0. The Morgan fingerprint density at radius 3 is 2.48 bits per heavy atom. The molecule has 0 atom stereocenters. The SMILES string of the molecule is CC(C)(C)Oc1nccnc1CN1CCC(F)(C(=O)Cc2ccccc2F)CC1. The van der Waals surface area contributed by atoms with Gasteiger partial charge in [0, 0.05) is 51.3 Å². The highest BCUT2D eigenvalue weighted by molar-refractivity contribution is 5.89. The zero-order valence-corrected chi connectivity index (χ0v) is 17.1. The van der Waals surface area contributed by atoms with Crippen LogP contribution in [0, 0.1) is 5.82 Å². The lowest BCUT2D eigenvalue weighted by molar-refractivity contribution is -0.133. The summed E-state index contributed by atoms with van der Waals surface area (Å²) < 4.78 is 34.9. The topological polar surface area (TPSA) is 55.3 Å². The Bertz CT molecular complexity index is 859. The second-order valence-corrected chi connectivity index (χ2v) is 8.46. The maximum atomic E-state index is 15.2. The molecule has 0 spiro atoms. The number of piperidine rings is 1. The van der Waals surface area contributed by atoms with E-state index in [1.54, 1.807) is 24.5 Å². The Balaban J connectivity index is 1.61. The number of carbonyl (C=O) groups is 1. The molecule has 0 amide bonds. The molecular formula is C22H27F2N3O2. The highest BCUT2D eigenvalue weighted by Gasteiger charge is 2.41. The van der Waals surface area contributed by atoms with E-state index >= 15 is 4.39 Å². The Kier molecular flexibility index (Phi) is 6.27. The highest BCUT2D eigenvalue weighted by atomic mass is 19.1. The van der Waals surface area contributed by atoms with Gasteiger partial charge >= 0.3 is 0 Å². The Labute approximate surface area is 170 Å². The molecule has 1 fully saturated rings. The van der Waals surface area contributed by atoms with Crippen LogP contribution in [-0.4, -0.2) is 45.0 Å². The molecule has 0 saturated carbocycles. The summed E-state index contributed by atoms with van der Waals surface area (Å²) in [5.74, 6) is -0.567. The molecular weight excluding hydrogens is 376 g/mol. The van der Waals surface area contributed by atoms with E-state index in [9.17, 15) is 9.18 Å². The van der Waals surface area contributed by atoms with Crippen LogP contribution >= 0.6 is 0 Å². The summed E-state index contributed by atoms with van der Waals surface area (Å²) in [5, 5.41) is 0. The largest absolute Gasteiger partial charge is 0.471 e. The zero-order chi connectivity index (χ0) is 21.1. The first kappa shape index (κ1) is 21.3. The number of aromatic nitrogens is 2. The minimum absolute atomic E-state index is 0.0794. The molecule has 2 aromatic rings. The number of Topliss-reactive ketones (excluding diaryl/α,β-unsaturated/α-hetero) is 1. The fourth-order valence-corrected chi connectivity index (χ4v) is 3.37. The highest BCUT2D eigenvalue weighted by Crippen LogP contribution is 2.30. The minimum atomic E-state index is -1.92. The number of halogens is 2. The molecule has 7 heteroatoms. The van der Waals surface area contributed by atoms with Crippen molar-refractivity contribution in [1.82, 2.24) is 14.9 Å². The van der Waals surface area contributed by atoms with Crippen molar-refractivity contribution in [2.24, 2.45) is 0 Å². The van der Waals surface area contributed by atoms with Gasteiger partial charge in [0.15, 0.2) is 11.5 Å². The van der Waals surface area contributed by atoms with Gasteiger partial charge in [-0.15, -0.1) is 0 Å². The Morgan fingerprint density at radius 2 is 1.83 bits per heavy atom. The maximum absolute atomic E-state index is 15.2. The molecule has 2 heterocycles. The Hall–Kier alpha value is -2.41. The van der Waals surface area contributed by atoms with Gasteiger partial charge in [0.2, 0.25) is 5.88 Å². The molecule has 1 aromatic carbocycles. The molecule has 3 rings (SSSR count). The van der Waals surface area contributed by atoms with Crippen LogP contribution in [0.25, 0.3) is 0 Å². The number of hydrogen-bond acceptors (Lipinski definition) is 5. The van der Waals surface area contributed by atoms with Crippen molar-refractivity contribution in [3.63, 3.8) is 0 Å². The van der Waals surface area contributed by atoms with Crippen LogP contribution in [0.1, 0.15) is 44.9 Å². The number of carbonyl (C=O) groups excluding carboxylic acids is 1. The van der Waals surface area contributed by atoms with Crippen molar-refractivity contribution in [2.45, 2.75) is 57.8 Å². The van der Waals surface area contributed by atoms with Crippen LogP contribution in [-0.2, 0) is 17.8 Å². The number of nitrogens with zero attached hydrogens (tertiary/aromatic N) is 3. The Morgan fingerprint density at radius 1 is 1.17 bits per heavy atom. The molecule has 0 aliphatic carbocycles. The summed E-state index contributed by atoms with van der Waals surface area (Å²) in [5.41, 5.74) is -1.40. The van der Waals surface area contributed by atoms with Gasteiger partial charge < -0.3 is 4.74 Å². The standard InChI is InChI=1S/C22H27F2N3O2/c1-21(2,3)29-20-18(25-10-11-26-20)15-27-12-8-22(24,9-13-27)19(28)14-16-6-4-5-7-17(16)23/h4-7,10-11H,8-9,12-15H2,1-3H3. The number of ketones is 1. The van der Waals surface area contributed by atoms with Crippen LogP contribution in [0.5, 0.6) is 5.88 Å². The molecule has 1 aromatic heterocycles. The van der Waals surface area contributed by atoms with E-state index < -0.39 is 22.9 Å².